The molecule has 1 fully saturated rings. The van der Waals surface area contributed by atoms with Crippen molar-refractivity contribution in [1.29, 1.82) is 0 Å². The normalized spacial score (nSPS) is 16.0. The van der Waals surface area contributed by atoms with E-state index < -0.39 is 0 Å². The van der Waals surface area contributed by atoms with Crippen LogP contribution >= 0.6 is 11.6 Å². The predicted octanol–water partition coefficient (Wildman–Crippen LogP) is 5.31. The van der Waals surface area contributed by atoms with E-state index in [4.69, 9.17) is 21.1 Å². The molecule has 1 atom stereocenters. The van der Waals surface area contributed by atoms with Crippen LogP contribution in [0.2, 0.25) is 5.02 Å². The fraction of sp³-hybridized carbons (Fsp3) is 0.345. The van der Waals surface area contributed by atoms with Crippen LogP contribution in [0, 0.1) is 6.92 Å². The lowest BCUT2D eigenvalue weighted by atomic mass is 10.1. The van der Waals surface area contributed by atoms with Gasteiger partial charge in [0.1, 0.15) is 0 Å². The second-order valence-electron chi connectivity index (χ2n) is 9.23. The van der Waals surface area contributed by atoms with Crippen molar-refractivity contribution in [2.75, 3.05) is 38.8 Å². The van der Waals surface area contributed by atoms with Crippen LogP contribution in [-0.4, -0.2) is 50.7 Å². The zero-order valence-electron chi connectivity index (χ0n) is 21.4. The molecule has 0 radical (unpaired) electrons. The van der Waals surface area contributed by atoms with E-state index in [9.17, 15) is 4.79 Å². The van der Waals surface area contributed by atoms with E-state index in [1.165, 1.54) is 11.3 Å². The molecule has 7 heteroatoms. The molecule has 3 aromatic carbocycles. The summed E-state index contributed by atoms with van der Waals surface area (Å²) in [6, 6.07) is 20.3. The Bertz CT molecular complexity index is 1220. The molecule has 0 aliphatic carbocycles. The molecule has 1 unspecified atom stereocenters. The first-order valence-corrected chi connectivity index (χ1v) is 12.6. The minimum atomic E-state index is -0.113. The Morgan fingerprint density at radius 2 is 1.78 bits per heavy atom. The van der Waals surface area contributed by atoms with E-state index in [1.807, 2.05) is 19.1 Å². The van der Waals surface area contributed by atoms with Gasteiger partial charge in [0.2, 0.25) is 0 Å². The number of hydrogen-bond acceptors (Lipinski definition) is 5. The smallest absolute Gasteiger partial charge is 0.251 e. The van der Waals surface area contributed by atoms with Crippen molar-refractivity contribution < 1.29 is 14.3 Å². The lowest BCUT2D eigenvalue weighted by molar-refractivity contribution is 0.0950. The monoisotopic (exact) mass is 507 g/mol. The number of ether oxygens (including phenoxy) is 2. The van der Waals surface area contributed by atoms with Gasteiger partial charge in [-0.15, -0.1) is 0 Å². The van der Waals surface area contributed by atoms with E-state index >= 15 is 0 Å². The summed E-state index contributed by atoms with van der Waals surface area (Å²) in [6.07, 6.45) is 0. The van der Waals surface area contributed by atoms with Crippen LogP contribution in [0.1, 0.15) is 34.0 Å². The maximum atomic E-state index is 12.7. The van der Waals surface area contributed by atoms with Gasteiger partial charge in [0.25, 0.3) is 5.91 Å². The van der Waals surface area contributed by atoms with E-state index in [1.54, 1.807) is 32.4 Å². The molecule has 1 N–H and O–H groups in total. The highest BCUT2D eigenvalue weighted by molar-refractivity contribution is 6.31. The van der Waals surface area contributed by atoms with Crippen LogP contribution in [0.5, 0.6) is 11.5 Å². The molecule has 1 amide bonds. The minimum absolute atomic E-state index is 0.113. The van der Waals surface area contributed by atoms with Gasteiger partial charge in [-0.25, -0.2) is 0 Å². The molecular formula is C29H34ClN3O3. The highest BCUT2D eigenvalue weighted by Crippen LogP contribution is 2.29. The van der Waals surface area contributed by atoms with Gasteiger partial charge in [-0.1, -0.05) is 35.9 Å². The molecule has 1 heterocycles. The molecule has 1 saturated heterocycles. The summed E-state index contributed by atoms with van der Waals surface area (Å²) in [5.41, 5.74) is 4.86. The third-order valence-corrected chi connectivity index (χ3v) is 7.18. The van der Waals surface area contributed by atoms with Crippen LogP contribution in [0.15, 0.2) is 60.7 Å². The van der Waals surface area contributed by atoms with Crippen LogP contribution in [0.3, 0.4) is 0 Å². The van der Waals surface area contributed by atoms with E-state index in [-0.39, 0.29) is 5.91 Å². The van der Waals surface area contributed by atoms with E-state index in [2.05, 4.69) is 52.4 Å². The highest BCUT2D eigenvalue weighted by atomic mass is 35.5. The maximum Gasteiger partial charge on any atom is 0.251 e. The largest absolute Gasteiger partial charge is 0.493 e. The molecule has 1 aliphatic rings. The molecule has 190 valence electrons. The Balaban J connectivity index is 1.36. The zero-order valence-corrected chi connectivity index (χ0v) is 22.1. The topological polar surface area (TPSA) is 54.0 Å². The number of piperazine rings is 1. The number of amides is 1. The number of carbonyl (C=O) groups is 1. The van der Waals surface area contributed by atoms with Gasteiger partial charge in [-0.05, 0) is 66.9 Å². The fourth-order valence-corrected chi connectivity index (χ4v) is 4.95. The Morgan fingerprint density at radius 3 is 2.53 bits per heavy atom. The second-order valence-corrected chi connectivity index (χ2v) is 9.64. The second kappa shape index (κ2) is 11.7. The van der Waals surface area contributed by atoms with Crippen LogP contribution < -0.4 is 19.7 Å². The molecular weight excluding hydrogens is 474 g/mol. The summed E-state index contributed by atoms with van der Waals surface area (Å²) in [5.74, 6) is 1.40. The first-order chi connectivity index (χ1) is 17.4. The summed E-state index contributed by atoms with van der Waals surface area (Å²) in [6.45, 7) is 8.32. The number of nitrogens with zero attached hydrogens (tertiary/aromatic N) is 2. The fourth-order valence-electron chi connectivity index (χ4n) is 4.77. The summed E-state index contributed by atoms with van der Waals surface area (Å²) < 4.78 is 10.8. The minimum Gasteiger partial charge on any atom is -0.493 e. The van der Waals surface area contributed by atoms with Crippen molar-refractivity contribution in [3.63, 3.8) is 0 Å². The van der Waals surface area contributed by atoms with Crippen LogP contribution in [-0.2, 0) is 13.1 Å². The quantitative estimate of drug-likeness (QED) is 0.448. The Hall–Kier alpha value is -3.22. The molecule has 0 aromatic heterocycles. The van der Waals surface area contributed by atoms with Gasteiger partial charge in [0.15, 0.2) is 11.5 Å². The molecule has 36 heavy (non-hydrogen) atoms. The number of hydrogen-bond donors (Lipinski definition) is 1. The van der Waals surface area contributed by atoms with E-state index in [0.29, 0.717) is 23.2 Å². The molecule has 1 aliphatic heterocycles. The van der Waals surface area contributed by atoms with Gasteiger partial charge >= 0.3 is 0 Å². The number of rotatable bonds is 8. The first kappa shape index (κ1) is 25.9. The number of carbonyl (C=O) groups excluding carboxylic acids is 1. The number of nitrogens with one attached hydrogen (secondary N) is 1. The third kappa shape index (κ3) is 5.94. The lowest BCUT2D eigenvalue weighted by Gasteiger charge is -2.41. The van der Waals surface area contributed by atoms with E-state index in [0.717, 1.165) is 48.8 Å². The summed E-state index contributed by atoms with van der Waals surface area (Å²) in [7, 11) is 3.32. The number of methoxy groups -OCH3 is 2. The van der Waals surface area contributed by atoms with Crippen molar-refractivity contribution in [2.24, 2.45) is 0 Å². The van der Waals surface area contributed by atoms with Gasteiger partial charge in [0.05, 0.1) is 14.2 Å². The van der Waals surface area contributed by atoms with Crippen molar-refractivity contribution in [2.45, 2.75) is 33.0 Å². The summed E-state index contributed by atoms with van der Waals surface area (Å²) >= 11 is 6.18. The first-order valence-electron chi connectivity index (χ1n) is 12.2. The maximum absolute atomic E-state index is 12.7. The molecule has 3 aromatic rings. The van der Waals surface area contributed by atoms with Gasteiger partial charge in [-0.2, -0.15) is 0 Å². The van der Waals surface area contributed by atoms with Crippen molar-refractivity contribution in [3.8, 4) is 11.5 Å². The number of benzene rings is 3. The summed E-state index contributed by atoms with van der Waals surface area (Å²) in [5, 5.41) is 3.63. The highest BCUT2D eigenvalue weighted by Gasteiger charge is 2.24. The molecule has 0 bridgehead atoms. The SMILES string of the molecule is COc1ccc(CN2CCN(c3cccc(CNC(=O)c4cccc(Cl)c4C)c3)C(C)C2)cc1OC. The Kier molecular flexibility index (Phi) is 8.39. The predicted molar refractivity (Wildman–Crippen MR) is 145 cm³/mol. The van der Waals surface area contributed by atoms with Crippen LogP contribution in [0.4, 0.5) is 5.69 Å². The standard InChI is InChI=1S/C29H34ClN3O3/c1-20-18-32(19-23-11-12-27(35-3)28(16-23)36-4)13-14-33(20)24-8-5-7-22(15-24)17-31-29(34)25-9-6-10-26(30)21(25)2/h5-12,15-16,20H,13-14,17-19H2,1-4H3,(H,31,34). The summed E-state index contributed by atoms with van der Waals surface area (Å²) in [4.78, 5) is 17.6. The van der Waals surface area contributed by atoms with Gasteiger partial charge in [-0.3, -0.25) is 9.69 Å². The van der Waals surface area contributed by atoms with Gasteiger partial charge < -0.3 is 19.7 Å². The molecule has 6 nitrogen and oxygen atoms in total. The van der Waals surface area contributed by atoms with Gasteiger partial charge in [0, 0.05) is 55.0 Å². The lowest BCUT2D eigenvalue weighted by Crippen LogP contribution is -2.51. The number of anilines is 1. The average Bonchev–Trinajstić information content (AvgIpc) is 2.89. The molecule has 4 rings (SSSR count). The Labute approximate surface area is 218 Å². The van der Waals surface area contributed by atoms with Crippen LogP contribution in [0.25, 0.3) is 0 Å². The number of halogens is 1. The van der Waals surface area contributed by atoms with Crippen molar-refractivity contribution in [1.82, 2.24) is 10.2 Å². The third-order valence-electron chi connectivity index (χ3n) is 6.77. The Morgan fingerprint density at radius 1 is 1.00 bits per heavy atom. The average molecular weight is 508 g/mol. The molecule has 0 spiro atoms. The van der Waals surface area contributed by atoms with Crippen molar-refractivity contribution >= 4 is 23.2 Å². The molecule has 0 saturated carbocycles. The van der Waals surface area contributed by atoms with Crippen molar-refractivity contribution in [3.05, 3.63) is 87.9 Å². The zero-order chi connectivity index (χ0) is 25.7.